The summed E-state index contributed by atoms with van der Waals surface area (Å²) in [6, 6.07) is 6.12. The number of benzene rings is 1. The second kappa shape index (κ2) is 6.67. The van der Waals surface area contributed by atoms with Crippen LogP contribution in [0.1, 0.15) is 58.6 Å². The van der Waals surface area contributed by atoms with E-state index in [0.717, 1.165) is 59.6 Å². The number of aromatic nitrogens is 2. The SMILES string of the molecule is CC1CC=CC=C1Nc1ncc2c(n1)C(C)(C)Oc1cc(N3C(=O)CCC34CC4)ccc1-2. The van der Waals surface area contributed by atoms with Gasteiger partial charge in [0.25, 0.3) is 0 Å². The molecule has 1 aromatic heterocycles. The summed E-state index contributed by atoms with van der Waals surface area (Å²) >= 11 is 0. The highest BCUT2D eigenvalue weighted by Gasteiger charge is 2.54. The molecule has 0 radical (unpaired) electrons. The predicted octanol–water partition coefficient (Wildman–Crippen LogP) is 5.32. The van der Waals surface area contributed by atoms with Crippen LogP contribution in [0.25, 0.3) is 11.1 Å². The van der Waals surface area contributed by atoms with Crippen LogP contribution in [0.5, 0.6) is 5.75 Å². The molecule has 1 amide bonds. The minimum absolute atomic E-state index is 0.0528. The zero-order valence-corrected chi connectivity index (χ0v) is 18.8. The summed E-state index contributed by atoms with van der Waals surface area (Å²) in [5.41, 5.74) is 4.32. The lowest BCUT2D eigenvalue weighted by Gasteiger charge is -2.35. The molecule has 2 aliphatic heterocycles. The van der Waals surface area contributed by atoms with Gasteiger partial charge in [0.1, 0.15) is 11.4 Å². The number of carbonyl (C=O) groups excluding carboxylic acids is 1. The topological polar surface area (TPSA) is 67.4 Å². The summed E-state index contributed by atoms with van der Waals surface area (Å²) in [5, 5.41) is 3.40. The molecule has 2 fully saturated rings. The van der Waals surface area contributed by atoms with Gasteiger partial charge in [-0.25, -0.2) is 9.97 Å². The van der Waals surface area contributed by atoms with Crippen molar-refractivity contribution in [1.82, 2.24) is 9.97 Å². The molecule has 4 aliphatic rings. The molecule has 1 saturated carbocycles. The van der Waals surface area contributed by atoms with Gasteiger partial charge in [-0.05, 0) is 63.7 Å². The Bertz CT molecular complexity index is 1190. The zero-order chi connectivity index (χ0) is 22.1. The van der Waals surface area contributed by atoms with E-state index in [2.05, 4.69) is 35.5 Å². The molecule has 1 spiro atoms. The molecular formula is C26H28N4O2. The van der Waals surface area contributed by atoms with Crippen molar-refractivity contribution >= 4 is 17.5 Å². The quantitative estimate of drug-likeness (QED) is 0.716. The highest BCUT2D eigenvalue weighted by Crippen LogP contribution is 2.53. The average Bonchev–Trinajstić information content (AvgIpc) is 3.46. The number of anilines is 2. The molecule has 2 aromatic rings. The van der Waals surface area contributed by atoms with E-state index in [-0.39, 0.29) is 11.4 Å². The van der Waals surface area contributed by atoms with Gasteiger partial charge in [0, 0.05) is 46.7 Å². The van der Waals surface area contributed by atoms with E-state index in [1.54, 1.807) is 0 Å². The Morgan fingerprint density at radius 1 is 1.19 bits per heavy atom. The third kappa shape index (κ3) is 2.96. The maximum absolute atomic E-state index is 12.6. The van der Waals surface area contributed by atoms with Gasteiger partial charge >= 0.3 is 0 Å². The summed E-state index contributed by atoms with van der Waals surface area (Å²) < 4.78 is 6.45. The van der Waals surface area contributed by atoms with Crippen molar-refractivity contribution in [3.8, 4) is 16.9 Å². The number of fused-ring (bicyclic) bond motifs is 3. The molecule has 3 heterocycles. The summed E-state index contributed by atoms with van der Waals surface area (Å²) in [4.78, 5) is 24.1. The maximum atomic E-state index is 12.6. The summed E-state index contributed by atoms with van der Waals surface area (Å²) in [6.07, 6.45) is 13.0. The van der Waals surface area contributed by atoms with Gasteiger partial charge in [-0.1, -0.05) is 19.1 Å². The van der Waals surface area contributed by atoms with Crippen LogP contribution < -0.4 is 15.0 Å². The number of nitrogens with one attached hydrogen (secondary N) is 1. The zero-order valence-electron chi connectivity index (χ0n) is 18.8. The molecule has 32 heavy (non-hydrogen) atoms. The van der Waals surface area contributed by atoms with Gasteiger partial charge in [0.2, 0.25) is 11.9 Å². The fourth-order valence-corrected chi connectivity index (χ4v) is 5.28. The van der Waals surface area contributed by atoms with E-state index in [1.807, 2.05) is 43.1 Å². The Kier molecular flexibility index (Phi) is 4.07. The van der Waals surface area contributed by atoms with E-state index in [9.17, 15) is 4.79 Å². The third-order valence-electron chi connectivity index (χ3n) is 7.28. The van der Waals surface area contributed by atoms with Gasteiger partial charge < -0.3 is 15.0 Å². The predicted molar refractivity (Wildman–Crippen MR) is 124 cm³/mol. The molecule has 1 N–H and O–H groups in total. The van der Waals surface area contributed by atoms with Crippen molar-refractivity contribution in [2.45, 2.75) is 64.0 Å². The molecule has 6 rings (SSSR count). The minimum atomic E-state index is -0.612. The van der Waals surface area contributed by atoms with Crippen LogP contribution in [0, 0.1) is 5.92 Å². The number of rotatable bonds is 3. The van der Waals surface area contributed by atoms with Gasteiger partial charge in [0.15, 0.2) is 0 Å². The molecule has 1 atom stereocenters. The molecule has 6 nitrogen and oxygen atoms in total. The number of nitrogens with zero attached hydrogens (tertiary/aromatic N) is 3. The van der Waals surface area contributed by atoms with Crippen LogP contribution in [-0.4, -0.2) is 21.4 Å². The Morgan fingerprint density at radius 2 is 2.03 bits per heavy atom. The summed E-state index contributed by atoms with van der Waals surface area (Å²) in [7, 11) is 0. The number of ether oxygens (including phenoxy) is 1. The first kappa shape index (κ1) is 19.5. The molecule has 0 bridgehead atoms. The fourth-order valence-electron chi connectivity index (χ4n) is 5.28. The van der Waals surface area contributed by atoms with Crippen LogP contribution in [0.15, 0.2) is 48.3 Å². The maximum Gasteiger partial charge on any atom is 0.227 e. The summed E-state index contributed by atoms with van der Waals surface area (Å²) in [5.74, 6) is 2.00. The second-order valence-electron chi connectivity index (χ2n) is 10.0. The first-order chi connectivity index (χ1) is 15.4. The molecule has 1 saturated heterocycles. The van der Waals surface area contributed by atoms with Crippen LogP contribution >= 0.6 is 0 Å². The monoisotopic (exact) mass is 428 g/mol. The highest BCUT2D eigenvalue weighted by molar-refractivity contribution is 5.99. The average molecular weight is 429 g/mol. The normalized spacial score (nSPS) is 24.0. The first-order valence-corrected chi connectivity index (χ1v) is 11.5. The van der Waals surface area contributed by atoms with E-state index in [1.165, 1.54) is 0 Å². The van der Waals surface area contributed by atoms with Gasteiger partial charge in [-0.15, -0.1) is 0 Å². The van der Waals surface area contributed by atoms with Crippen LogP contribution in [0.2, 0.25) is 0 Å². The number of hydrogen-bond donors (Lipinski definition) is 1. The standard InChI is InChI=1S/C26H28N4O2/c1-16-6-4-5-7-20(16)28-24-27-15-19-18-9-8-17(30-22(31)10-11-26(30)12-13-26)14-21(18)32-25(2,3)23(19)29-24/h4-5,7-9,14-16H,6,10-13H2,1-3H3,(H,27,28,29). The summed E-state index contributed by atoms with van der Waals surface area (Å²) in [6.45, 7) is 6.26. The number of carbonyl (C=O) groups is 1. The number of allylic oxidation sites excluding steroid dienone is 4. The third-order valence-corrected chi connectivity index (χ3v) is 7.28. The van der Waals surface area contributed by atoms with Crippen molar-refractivity contribution in [1.29, 1.82) is 0 Å². The number of amides is 1. The molecule has 164 valence electrons. The molecular weight excluding hydrogens is 400 g/mol. The van der Waals surface area contributed by atoms with E-state index in [0.29, 0.717) is 18.3 Å². The van der Waals surface area contributed by atoms with Crippen LogP contribution in [0.4, 0.5) is 11.6 Å². The van der Waals surface area contributed by atoms with Crippen molar-refractivity contribution in [2.24, 2.45) is 5.92 Å². The molecule has 2 aliphatic carbocycles. The van der Waals surface area contributed by atoms with Crippen LogP contribution in [-0.2, 0) is 10.4 Å². The van der Waals surface area contributed by atoms with Crippen LogP contribution in [0.3, 0.4) is 0 Å². The van der Waals surface area contributed by atoms with Gasteiger partial charge in [0.05, 0.1) is 5.69 Å². The number of hydrogen-bond acceptors (Lipinski definition) is 5. The second-order valence-corrected chi connectivity index (χ2v) is 10.0. The van der Waals surface area contributed by atoms with Gasteiger partial charge in [-0.3, -0.25) is 4.79 Å². The highest BCUT2D eigenvalue weighted by atomic mass is 16.5. The van der Waals surface area contributed by atoms with Crippen molar-refractivity contribution < 1.29 is 9.53 Å². The smallest absolute Gasteiger partial charge is 0.227 e. The largest absolute Gasteiger partial charge is 0.481 e. The Balaban J connectivity index is 1.37. The minimum Gasteiger partial charge on any atom is -0.481 e. The fraction of sp³-hybridized carbons (Fsp3) is 0.423. The Morgan fingerprint density at radius 3 is 2.81 bits per heavy atom. The molecule has 6 heteroatoms. The first-order valence-electron chi connectivity index (χ1n) is 11.5. The van der Waals surface area contributed by atoms with Gasteiger partial charge in [-0.2, -0.15) is 0 Å². The molecule has 1 unspecified atom stereocenters. The Hall–Kier alpha value is -3.15. The Labute approximate surface area is 188 Å². The lowest BCUT2D eigenvalue weighted by atomic mass is 9.91. The van der Waals surface area contributed by atoms with E-state index < -0.39 is 5.60 Å². The van der Waals surface area contributed by atoms with Crippen molar-refractivity contribution in [3.05, 3.63) is 54.0 Å². The van der Waals surface area contributed by atoms with E-state index in [4.69, 9.17) is 9.72 Å². The van der Waals surface area contributed by atoms with Crippen molar-refractivity contribution in [2.75, 3.05) is 10.2 Å². The lowest BCUT2D eigenvalue weighted by Crippen LogP contribution is -2.35. The lowest BCUT2D eigenvalue weighted by molar-refractivity contribution is -0.117. The van der Waals surface area contributed by atoms with Crippen molar-refractivity contribution in [3.63, 3.8) is 0 Å². The van der Waals surface area contributed by atoms with E-state index >= 15 is 0 Å². The molecule has 1 aromatic carbocycles.